The van der Waals surface area contributed by atoms with Gasteiger partial charge < -0.3 is 4.98 Å². The highest BCUT2D eigenvalue weighted by atomic mass is 32.2. The standard InChI is InChI=1S/C22H28N2O3S.C16H36P/c1-2-3-4-5-6-7-9-14-18-15-16-19-21(24-22(23-19)28(25,26)27)20(18)17-12-10-8-11-13-17;1-5-9-13-17(14-10-6-2,15-11-7-3)16-12-8-4/h8,10-13,15-16H,2-7,9,14H2,1H3,(H,23,24)(H,25,26,27);5-16H2,1-4H3. The predicted molar refractivity (Wildman–Crippen MR) is 199 cm³/mol. The Bertz CT molecular complexity index is 1270. The van der Waals surface area contributed by atoms with Crippen molar-refractivity contribution in [3.05, 3.63) is 48.0 Å². The molecule has 0 saturated heterocycles. The number of nitrogens with one attached hydrogen (secondary N) is 1. The lowest BCUT2D eigenvalue weighted by atomic mass is 9.94. The summed E-state index contributed by atoms with van der Waals surface area (Å²) in [6.07, 6.45) is 27.6. The Balaban J connectivity index is 0.000000358. The Kier molecular flexibility index (Phi) is 19.2. The van der Waals surface area contributed by atoms with Gasteiger partial charge >= 0.3 is 10.1 Å². The van der Waals surface area contributed by atoms with Crippen LogP contribution in [0.5, 0.6) is 0 Å². The van der Waals surface area contributed by atoms with Crippen molar-refractivity contribution in [1.82, 2.24) is 9.97 Å². The van der Waals surface area contributed by atoms with E-state index in [4.69, 9.17) is 0 Å². The summed E-state index contributed by atoms with van der Waals surface area (Å²) in [5, 5.41) is -0.409. The van der Waals surface area contributed by atoms with E-state index >= 15 is 0 Å². The molecule has 0 spiro atoms. The molecule has 2 aromatic carbocycles. The Morgan fingerprint density at radius 1 is 0.644 bits per heavy atom. The first kappa shape index (κ1) is 39.4. The van der Waals surface area contributed by atoms with E-state index in [2.05, 4.69) is 44.6 Å². The largest absolute Gasteiger partial charge is 0.328 e. The number of aromatic amines is 1. The zero-order valence-corrected chi connectivity index (χ0v) is 31.0. The number of hydrogen-bond donors (Lipinski definition) is 2. The van der Waals surface area contributed by atoms with E-state index in [1.165, 1.54) is 89.9 Å². The molecule has 0 amide bonds. The van der Waals surface area contributed by atoms with E-state index in [0.717, 1.165) is 29.5 Å². The van der Waals surface area contributed by atoms with Crippen molar-refractivity contribution >= 4 is 28.4 Å². The van der Waals surface area contributed by atoms with E-state index in [1.807, 2.05) is 42.5 Å². The molecule has 0 unspecified atom stereocenters. The van der Waals surface area contributed by atoms with Gasteiger partial charge in [0.2, 0.25) is 0 Å². The molecule has 0 atom stereocenters. The van der Waals surface area contributed by atoms with Crippen LogP contribution in [0.25, 0.3) is 22.2 Å². The topological polar surface area (TPSA) is 83.1 Å². The van der Waals surface area contributed by atoms with Gasteiger partial charge in [-0.3, -0.25) is 4.55 Å². The second-order valence-corrected chi connectivity index (χ2v) is 18.7. The summed E-state index contributed by atoms with van der Waals surface area (Å²) < 4.78 is 32.4. The molecule has 1 aromatic heterocycles. The third kappa shape index (κ3) is 13.9. The maximum atomic E-state index is 11.5. The van der Waals surface area contributed by atoms with Crippen LogP contribution in [0.15, 0.2) is 47.6 Å². The number of unbranched alkanes of at least 4 members (excludes halogenated alkanes) is 10. The van der Waals surface area contributed by atoms with E-state index in [9.17, 15) is 13.0 Å². The second-order valence-electron chi connectivity index (χ2n) is 12.9. The Morgan fingerprint density at radius 2 is 1.13 bits per heavy atom. The van der Waals surface area contributed by atoms with Gasteiger partial charge in [-0.1, -0.05) is 135 Å². The molecule has 1 heterocycles. The lowest BCUT2D eigenvalue weighted by molar-refractivity contribution is 0.476. The molecule has 0 aliphatic heterocycles. The number of H-pyrrole nitrogens is 1. The normalized spacial score (nSPS) is 12.0. The molecular formula is C38H64N2O3PS. The highest BCUT2D eigenvalue weighted by Crippen LogP contribution is 2.61. The minimum absolute atomic E-state index is 0.409. The molecule has 5 nitrogen and oxygen atoms in total. The summed E-state index contributed by atoms with van der Waals surface area (Å²) in [5.74, 6) is 0. The first-order valence-electron chi connectivity index (χ1n) is 18.1. The van der Waals surface area contributed by atoms with E-state index in [0.29, 0.717) is 11.0 Å². The van der Waals surface area contributed by atoms with Crippen LogP contribution in [0.2, 0.25) is 0 Å². The van der Waals surface area contributed by atoms with Crippen molar-refractivity contribution in [2.24, 2.45) is 0 Å². The third-order valence-electron chi connectivity index (χ3n) is 9.02. The summed E-state index contributed by atoms with van der Waals surface area (Å²) in [4.78, 5) is 6.87. The van der Waals surface area contributed by atoms with Crippen LogP contribution in [-0.4, -0.2) is 47.6 Å². The van der Waals surface area contributed by atoms with Crippen molar-refractivity contribution < 1.29 is 13.0 Å². The third-order valence-corrected chi connectivity index (χ3v) is 14.8. The number of rotatable bonds is 22. The maximum absolute atomic E-state index is 11.5. The van der Waals surface area contributed by atoms with E-state index in [-0.39, 0.29) is 0 Å². The molecule has 3 rings (SSSR count). The predicted octanol–water partition coefficient (Wildman–Crippen LogP) is 12.0. The molecule has 0 aliphatic rings. The second kappa shape index (κ2) is 21.9. The average molecular weight is 660 g/mol. The number of hydrogen-bond acceptors (Lipinski definition) is 3. The molecule has 255 valence electrons. The van der Waals surface area contributed by atoms with Crippen molar-refractivity contribution in [3.63, 3.8) is 0 Å². The summed E-state index contributed by atoms with van der Waals surface area (Å²) in [5.41, 5.74) is 4.33. The highest BCUT2D eigenvalue weighted by molar-refractivity contribution is 7.85. The molecule has 0 fully saturated rings. The van der Waals surface area contributed by atoms with Crippen molar-refractivity contribution in [2.45, 2.75) is 143 Å². The van der Waals surface area contributed by atoms with Crippen LogP contribution >= 0.6 is 7.26 Å². The van der Waals surface area contributed by atoms with Gasteiger partial charge in [0, 0.05) is 5.56 Å². The average Bonchev–Trinajstić information content (AvgIpc) is 3.50. The van der Waals surface area contributed by atoms with Gasteiger partial charge in [0.25, 0.3) is 5.16 Å². The van der Waals surface area contributed by atoms with Crippen LogP contribution in [0.1, 0.15) is 136 Å². The number of fused-ring (bicyclic) bond motifs is 1. The molecule has 45 heavy (non-hydrogen) atoms. The lowest BCUT2D eigenvalue weighted by Crippen LogP contribution is -2.12. The zero-order chi connectivity index (χ0) is 33.0. The number of nitrogens with zero attached hydrogens (tertiary/aromatic N) is 1. The lowest BCUT2D eigenvalue weighted by Gasteiger charge is -2.37. The van der Waals surface area contributed by atoms with Gasteiger partial charge in [0.1, 0.15) is 0 Å². The number of aromatic nitrogens is 2. The zero-order valence-electron chi connectivity index (χ0n) is 29.2. The van der Waals surface area contributed by atoms with Gasteiger partial charge in [0.05, 0.1) is 11.0 Å². The fourth-order valence-corrected chi connectivity index (χ4v) is 12.0. The summed E-state index contributed by atoms with van der Waals surface area (Å²) in [7, 11) is -4.94. The molecule has 2 N–H and O–H groups in total. The summed E-state index contributed by atoms with van der Waals surface area (Å²) >= 11 is 0. The van der Waals surface area contributed by atoms with Gasteiger partial charge in [-0.15, -0.1) is 7.26 Å². The quantitative estimate of drug-likeness (QED) is 0.0639. The smallest absolute Gasteiger partial charge is 0.326 e. The summed E-state index contributed by atoms with van der Waals surface area (Å²) in [6, 6.07) is 13.8. The van der Waals surface area contributed by atoms with Crippen LogP contribution in [-0.2, 0) is 16.5 Å². The van der Waals surface area contributed by atoms with Crippen LogP contribution in [0, 0.1) is 0 Å². The fourth-order valence-electron chi connectivity index (χ4n) is 6.28. The van der Waals surface area contributed by atoms with Gasteiger partial charge in [-0.25, -0.2) is 4.98 Å². The molecular weight excluding hydrogens is 595 g/mol. The van der Waals surface area contributed by atoms with Crippen molar-refractivity contribution in [1.29, 1.82) is 0 Å². The van der Waals surface area contributed by atoms with E-state index < -0.39 is 22.5 Å². The van der Waals surface area contributed by atoms with E-state index in [1.54, 1.807) is 24.6 Å². The molecule has 0 bridgehead atoms. The molecule has 0 aliphatic carbocycles. The van der Waals surface area contributed by atoms with Gasteiger partial charge in [-0.2, -0.15) is 8.42 Å². The minimum Gasteiger partial charge on any atom is -0.326 e. The van der Waals surface area contributed by atoms with Crippen molar-refractivity contribution in [2.75, 3.05) is 24.6 Å². The highest BCUT2D eigenvalue weighted by Gasteiger charge is 2.24. The van der Waals surface area contributed by atoms with Crippen LogP contribution in [0.3, 0.4) is 0 Å². The molecule has 3 aromatic rings. The fraction of sp³-hybridized carbons (Fsp3) is 0.658. The summed E-state index contributed by atoms with van der Waals surface area (Å²) in [6.45, 7) is 11.6. The first-order chi connectivity index (χ1) is 21.7. The Labute approximate surface area is 276 Å². The van der Waals surface area contributed by atoms with Crippen LogP contribution in [0.4, 0.5) is 0 Å². The SMILES string of the molecule is CCCCCCCCCc1ccc2nc(S(=O)(=O)O)[nH]c2c1-c1ccccc1.CCCC[P](CCCC)(CCCC)CCCC. The number of aryl methyl sites for hydroxylation is 1. The van der Waals surface area contributed by atoms with Gasteiger partial charge in [0.15, 0.2) is 0 Å². The van der Waals surface area contributed by atoms with Crippen LogP contribution < -0.4 is 0 Å². The molecule has 1 radical (unpaired) electrons. The first-order valence-corrected chi connectivity index (χ1v) is 22.1. The monoisotopic (exact) mass is 659 g/mol. The number of imidazole rings is 1. The minimum atomic E-state index is -4.38. The maximum Gasteiger partial charge on any atom is 0.328 e. The Morgan fingerprint density at radius 3 is 1.62 bits per heavy atom. The van der Waals surface area contributed by atoms with Gasteiger partial charge in [-0.05, 0) is 80.4 Å². The number of benzene rings is 2. The van der Waals surface area contributed by atoms with Crippen molar-refractivity contribution in [3.8, 4) is 11.1 Å². The molecule has 7 heteroatoms. The molecule has 0 saturated carbocycles. The Hall–Kier alpha value is -1.75.